The first-order valence-corrected chi connectivity index (χ1v) is 6.52. The fourth-order valence-electron chi connectivity index (χ4n) is 1.92. The van der Waals surface area contributed by atoms with Gasteiger partial charge in [-0.3, -0.25) is 0 Å². The van der Waals surface area contributed by atoms with Gasteiger partial charge in [-0.2, -0.15) is 10.4 Å². The molecule has 1 aromatic heterocycles. The fourth-order valence-corrected chi connectivity index (χ4v) is 2.04. The Labute approximate surface area is 122 Å². The first-order chi connectivity index (χ1) is 9.65. The lowest BCUT2D eigenvalue weighted by Gasteiger charge is -2.01. The number of nitriles is 1. The van der Waals surface area contributed by atoms with Crippen molar-refractivity contribution in [3.05, 3.63) is 46.1 Å². The van der Waals surface area contributed by atoms with Crippen LogP contribution >= 0.6 is 11.6 Å². The zero-order valence-corrected chi connectivity index (χ0v) is 11.9. The molecule has 0 aliphatic rings. The van der Waals surface area contributed by atoms with Gasteiger partial charge in [0.15, 0.2) is 0 Å². The lowest BCUT2D eigenvalue weighted by molar-refractivity contribution is 0.184. The highest BCUT2D eigenvalue weighted by Crippen LogP contribution is 2.20. The highest BCUT2D eigenvalue weighted by Gasteiger charge is 2.15. The molecule has 0 saturated heterocycles. The van der Waals surface area contributed by atoms with E-state index in [0.29, 0.717) is 41.7 Å². The van der Waals surface area contributed by atoms with Gasteiger partial charge in [0.25, 0.3) is 0 Å². The van der Waals surface area contributed by atoms with Crippen LogP contribution in [0.1, 0.15) is 16.8 Å². The van der Waals surface area contributed by atoms with Crippen molar-refractivity contribution in [2.45, 2.75) is 13.0 Å². The lowest BCUT2D eigenvalue weighted by Crippen LogP contribution is -2.09. The minimum absolute atomic E-state index is 0.383. The van der Waals surface area contributed by atoms with Crippen molar-refractivity contribution in [3.8, 4) is 6.07 Å². The largest absolute Gasteiger partial charge is 0.383 e. The summed E-state index contributed by atoms with van der Waals surface area (Å²) >= 11 is 5.85. The fraction of sp³-hybridized carbons (Fsp3) is 0.286. The van der Waals surface area contributed by atoms with Crippen molar-refractivity contribution < 1.29 is 4.74 Å². The molecular weight excluding hydrogens is 276 g/mol. The van der Waals surface area contributed by atoms with Gasteiger partial charge < -0.3 is 10.5 Å². The van der Waals surface area contributed by atoms with Crippen molar-refractivity contribution in [2.24, 2.45) is 0 Å². The summed E-state index contributed by atoms with van der Waals surface area (Å²) in [5.74, 6) is 0.383. The molecule has 0 atom stereocenters. The van der Waals surface area contributed by atoms with Gasteiger partial charge in [-0.15, -0.1) is 0 Å². The van der Waals surface area contributed by atoms with E-state index in [1.807, 2.05) is 24.3 Å². The number of hydrogen-bond acceptors (Lipinski definition) is 4. The number of nitrogens with two attached hydrogens (primary N) is 1. The third-order valence-electron chi connectivity index (χ3n) is 2.97. The zero-order chi connectivity index (χ0) is 14.5. The van der Waals surface area contributed by atoms with Gasteiger partial charge in [-0.1, -0.05) is 23.7 Å². The molecule has 2 rings (SSSR count). The topological polar surface area (TPSA) is 76.9 Å². The second-order valence-corrected chi connectivity index (χ2v) is 4.77. The van der Waals surface area contributed by atoms with Crippen LogP contribution < -0.4 is 5.73 Å². The average Bonchev–Trinajstić information content (AvgIpc) is 2.74. The van der Waals surface area contributed by atoms with E-state index >= 15 is 0 Å². The van der Waals surface area contributed by atoms with Gasteiger partial charge in [-0.25, -0.2) is 4.68 Å². The van der Waals surface area contributed by atoms with Crippen LogP contribution in [0.2, 0.25) is 5.02 Å². The van der Waals surface area contributed by atoms with E-state index in [9.17, 15) is 5.26 Å². The summed E-state index contributed by atoms with van der Waals surface area (Å²) < 4.78 is 6.61. The molecule has 0 radical (unpaired) electrons. The summed E-state index contributed by atoms with van der Waals surface area (Å²) in [6, 6.07) is 9.57. The number of halogens is 1. The summed E-state index contributed by atoms with van der Waals surface area (Å²) in [5.41, 5.74) is 8.06. The minimum Gasteiger partial charge on any atom is -0.383 e. The van der Waals surface area contributed by atoms with Crippen LogP contribution in [0, 0.1) is 11.3 Å². The number of nitrogen functional groups attached to an aromatic ring is 1. The Morgan fingerprint density at radius 3 is 2.70 bits per heavy atom. The molecular formula is C14H15ClN4O. The maximum Gasteiger partial charge on any atom is 0.140 e. The summed E-state index contributed by atoms with van der Waals surface area (Å²) in [4.78, 5) is 0. The Bertz CT molecular complexity index is 628. The number of methoxy groups -OCH3 is 1. The Hall–Kier alpha value is -2.03. The van der Waals surface area contributed by atoms with Gasteiger partial charge >= 0.3 is 0 Å². The standard InChI is InChI=1S/C14H15ClN4O/c1-20-7-6-19-14(17)12(9-16)13(18-19)8-10-2-4-11(15)5-3-10/h2-5H,6-8,17H2,1H3. The molecule has 0 spiro atoms. The van der Waals surface area contributed by atoms with E-state index in [1.165, 1.54) is 0 Å². The summed E-state index contributed by atoms with van der Waals surface area (Å²) in [5, 5.41) is 14.3. The summed E-state index contributed by atoms with van der Waals surface area (Å²) in [6.07, 6.45) is 0.546. The zero-order valence-electron chi connectivity index (χ0n) is 11.1. The lowest BCUT2D eigenvalue weighted by atomic mass is 10.1. The molecule has 6 heteroatoms. The van der Waals surface area contributed by atoms with E-state index in [0.717, 1.165) is 5.56 Å². The Balaban J connectivity index is 2.27. The number of anilines is 1. The Morgan fingerprint density at radius 2 is 2.10 bits per heavy atom. The van der Waals surface area contributed by atoms with Crippen molar-refractivity contribution in [2.75, 3.05) is 19.5 Å². The number of rotatable bonds is 5. The molecule has 2 N–H and O–H groups in total. The number of aromatic nitrogens is 2. The van der Waals surface area contributed by atoms with Gasteiger partial charge in [0.1, 0.15) is 17.5 Å². The van der Waals surface area contributed by atoms with Crippen molar-refractivity contribution >= 4 is 17.4 Å². The van der Waals surface area contributed by atoms with E-state index in [4.69, 9.17) is 22.1 Å². The van der Waals surface area contributed by atoms with E-state index in [-0.39, 0.29) is 0 Å². The molecule has 5 nitrogen and oxygen atoms in total. The molecule has 2 aromatic rings. The second kappa shape index (κ2) is 6.42. The Kier molecular flexibility index (Phi) is 4.61. The highest BCUT2D eigenvalue weighted by atomic mass is 35.5. The third kappa shape index (κ3) is 3.10. The van der Waals surface area contributed by atoms with Crippen molar-refractivity contribution in [3.63, 3.8) is 0 Å². The van der Waals surface area contributed by atoms with Gasteiger partial charge in [0.2, 0.25) is 0 Å². The number of nitrogens with zero attached hydrogens (tertiary/aromatic N) is 3. The average molecular weight is 291 g/mol. The molecule has 0 aliphatic heterocycles. The van der Waals surface area contributed by atoms with Crippen LogP contribution in [-0.4, -0.2) is 23.5 Å². The normalized spacial score (nSPS) is 10.4. The van der Waals surface area contributed by atoms with Crippen molar-refractivity contribution in [1.29, 1.82) is 5.26 Å². The smallest absolute Gasteiger partial charge is 0.140 e. The molecule has 0 unspecified atom stereocenters. The predicted molar refractivity (Wildman–Crippen MR) is 77.5 cm³/mol. The molecule has 20 heavy (non-hydrogen) atoms. The molecule has 104 valence electrons. The van der Waals surface area contributed by atoms with Crippen LogP contribution in [0.3, 0.4) is 0 Å². The van der Waals surface area contributed by atoms with E-state index in [2.05, 4.69) is 11.2 Å². The summed E-state index contributed by atoms with van der Waals surface area (Å²) in [6.45, 7) is 1.02. The number of ether oxygens (including phenoxy) is 1. The van der Waals surface area contributed by atoms with Crippen LogP contribution in [0.4, 0.5) is 5.82 Å². The monoisotopic (exact) mass is 290 g/mol. The molecule has 0 fully saturated rings. The maximum atomic E-state index is 9.22. The number of benzene rings is 1. The van der Waals surface area contributed by atoms with Crippen LogP contribution in [0.15, 0.2) is 24.3 Å². The first-order valence-electron chi connectivity index (χ1n) is 6.14. The molecule has 0 aliphatic carbocycles. The van der Waals surface area contributed by atoms with Crippen LogP contribution in [-0.2, 0) is 17.7 Å². The minimum atomic E-state index is 0.383. The third-order valence-corrected chi connectivity index (χ3v) is 3.22. The second-order valence-electron chi connectivity index (χ2n) is 4.34. The van der Waals surface area contributed by atoms with Gasteiger partial charge in [0, 0.05) is 18.6 Å². The van der Waals surface area contributed by atoms with E-state index < -0.39 is 0 Å². The SMILES string of the molecule is COCCn1nc(Cc2ccc(Cl)cc2)c(C#N)c1N. The van der Waals surface area contributed by atoms with Gasteiger partial charge in [0.05, 0.1) is 18.8 Å². The van der Waals surface area contributed by atoms with Gasteiger partial charge in [-0.05, 0) is 17.7 Å². The van der Waals surface area contributed by atoms with Crippen LogP contribution in [0.25, 0.3) is 0 Å². The van der Waals surface area contributed by atoms with Crippen LogP contribution in [0.5, 0.6) is 0 Å². The highest BCUT2D eigenvalue weighted by molar-refractivity contribution is 6.30. The molecule has 0 bridgehead atoms. The predicted octanol–water partition coefficient (Wildman–Crippen LogP) is 2.23. The Morgan fingerprint density at radius 1 is 1.40 bits per heavy atom. The number of hydrogen-bond donors (Lipinski definition) is 1. The molecule has 0 saturated carbocycles. The molecule has 1 heterocycles. The quantitative estimate of drug-likeness (QED) is 0.916. The molecule has 0 amide bonds. The summed E-state index contributed by atoms with van der Waals surface area (Å²) in [7, 11) is 1.61. The first kappa shape index (κ1) is 14.4. The maximum absolute atomic E-state index is 9.22. The van der Waals surface area contributed by atoms with E-state index in [1.54, 1.807) is 11.8 Å². The molecule has 1 aromatic carbocycles. The van der Waals surface area contributed by atoms with Crippen molar-refractivity contribution in [1.82, 2.24) is 9.78 Å².